The van der Waals surface area contributed by atoms with Crippen LogP contribution in [0.5, 0.6) is 0 Å². The Labute approximate surface area is 149 Å². The van der Waals surface area contributed by atoms with Gasteiger partial charge < -0.3 is 10.1 Å². The third-order valence-electron chi connectivity index (χ3n) is 3.26. The Hall–Kier alpha value is -0.230. The number of alkyl halides is 3. The molecule has 8 heteroatoms. The van der Waals surface area contributed by atoms with Crippen molar-refractivity contribution < 1.29 is 9.53 Å². The first-order valence-electron chi connectivity index (χ1n) is 6.84. The number of benzene rings is 1. The molecule has 1 aromatic rings. The number of halogens is 4. The molecular weight excluding hydrogens is 370 g/mol. The standard InChI is InChI=1S/C14H16Cl4N2O2/c15-10-4-1-3-9(7-10)12(21)20-13(14(16,17)18)19-8-11-5-2-6-22-11/h1,3-4,7,11,13,19H,2,5-6,8H2,(H,20,21)/t11-,13+/m0/s1. The Bertz CT molecular complexity index is 516. The maximum absolute atomic E-state index is 12.2. The highest BCUT2D eigenvalue weighted by Crippen LogP contribution is 2.29. The lowest BCUT2D eigenvalue weighted by Crippen LogP contribution is -2.54. The third-order valence-corrected chi connectivity index (χ3v) is 4.15. The number of amides is 1. The van der Waals surface area contributed by atoms with E-state index in [4.69, 9.17) is 51.1 Å². The van der Waals surface area contributed by atoms with Crippen molar-refractivity contribution in [1.82, 2.24) is 10.6 Å². The second kappa shape index (κ2) is 8.04. The maximum Gasteiger partial charge on any atom is 0.252 e. The molecule has 0 bridgehead atoms. The SMILES string of the molecule is O=C(N[C@@H](NC[C@@H]1CCCO1)C(Cl)(Cl)Cl)c1cccc(Cl)c1. The minimum Gasteiger partial charge on any atom is -0.377 e. The fourth-order valence-electron chi connectivity index (χ4n) is 2.15. The number of rotatable bonds is 5. The lowest BCUT2D eigenvalue weighted by atomic mass is 10.2. The fourth-order valence-corrected chi connectivity index (χ4v) is 2.73. The van der Waals surface area contributed by atoms with E-state index in [0.29, 0.717) is 17.1 Å². The van der Waals surface area contributed by atoms with Crippen LogP contribution in [0.4, 0.5) is 0 Å². The van der Waals surface area contributed by atoms with E-state index >= 15 is 0 Å². The average molecular weight is 386 g/mol. The summed E-state index contributed by atoms with van der Waals surface area (Å²) >= 11 is 23.7. The van der Waals surface area contributed by atoms with Crippen molar-refractivity contribution in [3.8, 4) is 0 Å². The van der Waals surface area contributed by atoms with Gasteiger partial charge >= 0.3 is 0 Å². The molecule has 0 aromatic heterocycles. The molecular formula is C14H16Cl4N2O2. The van der Waals surface area contributed by atoms with Gasteiger partial charge in [-0.05, 0) is 31.0 Å². The van der Waals surface area contributed by atoms with E-state index in [0.717, 1.165) is 19.4 Å². The van der Waals surface area contributed by atoms with Crippen LogP contribution in [0, 0.1) is 0 Å². The van der Waals surface area contributed by atoms with Gasteiger partial charge in [0.1, 0.15) is 6.17 Å². The Morgan fingerprint density at radius 1 is 1.41 bits per heavy atom. The molecule has 1 heterocycles. The van der Waals surface area contributed by atoms with Crippen molar-refractivity contribution in [2.24, 2.45) is 0 Å². The maximum atomic E-state index is 12.2. The molecule has 1 aliphatic heterocycles. The highest BCUT2D eigenvalue weighted by atomic mass is 35.6. The van der Waals surface area contributed by atoms with Gasteiger partial charge in [-0.25, -0.2) is 0 Å². The molecule has 1 aliphatic rings. The molecule has 0 radical (unpaired) electrons. The topological polar surface area (TPSA) is 50.4 Å². The van der Waals surface area contributed by atoms with Crippen LogP contribution >= 0.6 is 46.4 Å². The van der Waals surface area contributed by atoms with E-state index in [1.54, 1.807) is 24.3 Å². The number of carbonyl (C=O) groups is 1. The summed E-state index contributed by atoms with van der Waals surface area (Å²) in [5, 5.41) is 6.16. The Kier molecular flexibility index (Phi) is 6.62. The van der Waals surface area contributed by atoms with Crippen molar-refractivity contribution in [2.75, 3.05) is 13.2 Å². The summed E-state index contributed by atoms with van der Waals surface area (Å²) in [5.74, 6) is -0.376. The number of ether oxygens (including phenoxy) is 1. The van der Waals surface area contributed by atoms with Crippen LogP contribution in [0.2, 0.25) is 5.02 Å². The average Bonchev–Trinajstić information content (AvgIpc) is 2.95. The van der Waals surface area contributed by atoms with E-state index in [9.17, 15) is 4.79 Å². The first kappa shape index (κ1) is 18.1. The summed E-state index contributed by atoms with van der Waals surface area (Å²) in [6.07, 6.45) is 1.19. The van der Waals surface area contributed by atoms with Crippen molar-refractivity contribution in [3.05, 3.63) is 34.9 Å². The Morgan fingerprint density at radius 3 is 2.77 bits per heavy atom. The molecule has 122 valence electrons. The summed E-state index contributed by atoms with van der Waals surface area (Å²) < 4.78 is 3.81. The zero-order valence-corrected chi connectivity index (χ0v) is 14.6. The predicted molar refractivity (Wildman–Crippen MR) is 90.0 cm³/mol. The number of nitrogens with one attached hydrogen (secondary N) is 2. The molecule has 1 fully saturated rings. The van der Waals surface area contributed by atoms with Crippen LogP contribution in [0.3, 0.4) is 0 Å². The molecule has 1 aromatic carbocycles. The minimum absolute atomic E-state index is 0.0675. The van der Waals surface area contributed by atoms with Crippen LogP contribution in [0.25, 0.3) is 0 Å². The molecule has 0 unspecified atom stereocenters. The van der Waals surface area contributed by atoms with Gasteiger partial charge in [0.25, 0.3) is 5.91 Å². The lowest BCUT2D eigenvalue weighted by Gasteiger charge is -2.27. The first-order chi connectivity index (χ1) is 10.4. The van der Waals surface area contributed by atoms with Crippen molar-refractivity contribution >= 4 is 52.3 Å². The number of carbonyl (C=O) groups excluding carboxylic acids is 1. The van der Waals surface area contributed by atoms with Crippen LogP contribution in [0.15, 0.2) is 24.3 Å². The molecule has 4 nitrogen and oxygen atoms in total. The highest BCUT2D eigenvalue weighted by Gasteiger charge is 2.34. The zero-order chi connectivity index (χ0) is 16.2. The third kappa shape index (κ3) is 5.44. The van der Waals surface area contributed by atoms with E-state index in [-0.39, 0.29) is 12.0 Å². The van der Waals surface area contributed by atoms with Gasteiger partial charge in [0.05, 0.1) is 6.10 Å². The Balaban J connectivity index is 1.98. The summed E-state index contributed by atoms with van der Waals surface area (Å²) in [4.78, 5) is 12.2. The van der Waals surface area contributed by atoms with E-state index < -0.39 is 9.96 Å². The van der Waals surface area contributed by atoms with E-state index in [2.05, 4.69) is 10.6 Å². The lowest BCUT2D eigenvalue weighted by molar-refractivity contribution is 0.0897. The van der Waals surface area contributed by atoms with Gasteiger partial charge in [-0.3, -0.25) is 10.1 Å². The number of hydrogen-bond acceptors (Lipinski definition) is 3. The van der Waals surface area contributed by atoms with Gasteiger partial charge in [0, 0.05) is 23.7 Å². The highest BCUT2D eigenvalue weighted by molar-refractivity contribution is 6.68. The largest absolute Gasteiger partial charge is 0.377 e. The van der Waals surface area contributed by atoms with Crippen molar-refractivity contribution in [3.63, 3.8) is 0 Å². The van der Waals surface area contributed by atoms with Crippen molar-refractivity contribution in [2.45, 2.75) is 28.9 Å². The summed E-state index contributed by atoms with van der Waals surface area (Å²) in [7, 11) is 0. The molecule has 0 saturated carbocycles. The molecule has 0 spiro atoms. The fraction of sp³-hybridized carbons (Fsp3) is 0.500. The van der Waals surface area contributed by atoms with Crippen molar-refractivity contribution in [1.29, 1.82) is 0 Å². The second-order valence-corrected chi connectivity index (χ2v) is 7.81. The predicted octanol–water partition coefficient (Wildman–Crippen LogP) is 3.53. The smallest absolute Gasteiger partial charge is 0.252 e. The minimum atomic E-state index is -1.69. The number of hydrogen-bond donors (Lipinski definition) is 2. The summed E-state index contributed by atoms with van der Waals surface area (Å²) in [5.41, 5.74) is 0.394. The molecule has 22 heavy (non-hydrogen) atoms. The Morgan fingerprint density at radius 2 is 2.18 bits per heavy atom. The quantitative estimate of drug-likeness (QED) is 0.602. The van der Waals surface area contributed by atoms with Crippen LogP contribution in [-0.4, -0.2) is 35.1 Å². The molecule has 2 rings (SSSR count). The zero-order valence-electron chi connectivity index (χ0n) is 11.6. The normalized spacial score (nSPS) is 19.9. The second-order valence-electron chi connectivity index (χ2n) is 5.00. The van der Waals surface area contributed by atoms with E-state index in [1.807, 2.05) is 0 Å². The summed E-state index contributed by atoms with van der Waals surface area (Å²) in [6.45, 7) is 1.23. The van der Waals surface area contributed by atoms with Gasteiger partial charge in [0.15, 0.2) is 0 Å². The molecule has 0 aliphatic carbocycles. The molecule has 2 atom stereocenters. The molecule has 2 N–H and O–H groups in total. The van der Waals surface area contributed by atoms with Gasteiger partial charge in [-0.15, -0.1) is 0 Å². The van der Waals surface area contributed by atoms with Crippen LogP contribution in [-0.2, 0) is 4.74 Å². The monoisotopic (exact) mass is 384 g/mol. The van der Waals surface area contributed by atoms with Gasteiger partial charge in [-0.2, -0.15) is 0 Å². The summed E-state index contributed by atoms with van der Waals surface area (Å²) in [6, 6.07) is 6.55. The first-order valence-corrected chi connectivity index (χ1v) is 8.35. The molecule has 1 amide bonds. The van der Waals surface area contributed by atoms with Crippen LogP contribution < -0.4 is 10.6 Å². The van der Waals surface area contributed by atoms with E-state index in [1.165, 1.54) is 0 Å². The van der Waals surface area contributed by atoms with Gasteiger partial charge in [0.2, 0.25) is 3.79 Å². The van der Waals surface area contributed by atoms with Gasteiger partial charge in [-0.1, -0.05) is 52.5 Å². The molecule has 1 saturated heterocycles. The van der Waals surface area contributed by atoms with Crippen LogP contribution in [0.1, 0.15) is 23.2 Å².